The lowest BCUT2D eigenvalue weighted by atomic mass is 9.93. The molecule has 142 valence electrons. The molecule has 0 spiro atoms. The van der Waals surface area contributed by atoms with Crippen LogP contribution in [0.2, 0.25) is 0 Å². The summed E-state index contributed by atoms with van der Waals surface area (Å²) in [4.78, 5) is 42.2. The highest BCUT2D eigenvalue weighted by molar-refractivity contribution is 5.90. The van der Waals surface area contributed by atoms with Crippen LogP contribution in [-0.4, -0.2) is 75.9 Å². The van der Waals surface area contributed by atoms with E-state index in [1.54, 1.807) is 39.7 Å². The average molecular weight is 361 g/mol. The lowest BCUT2D eigenvalue weighted by molar-refractivity contribution is -0.136. The number of hydrogen-bond donors (Lipinski definition) is 0. The molecule has 0 saturated carbocycles. The predicted molar refractivity (Wildman–Crippen MR) is 95.0 cm³/mol. The SMILES string of the molecule is Cc1c(C2C(C(=O)N(C)CCN3CCCC3=O)CC(=O)N2C)cnn1C. The third-order valence-electron chi connectivity index (χ3n) is 5.75. The van der Waals surface area contributed by atoms with Crippen molar-refractivity contribution in [2.75, 3.05) is 33.7 Å². The molecule has 3 rings (SSSR count). The third kappa shape index (κ3) is 3.20. The van der Waals surface area contributed by atoms with Gasteiger partial charge in [0.1, 0.15) is 0 Å². The smallest absolute Gasteiger partial charge is 0.228 e. The zero-order valence-corrected chi connectivity index (χ0v) is 15.9. The van der Waals surface area contributed by atoms with E-state index in [1.165, 1.54) is 0 Å². The number of aryl methyl sites for hydroxylation is 1. The number of likely N-dealkylation sites (N-methyl/N-ethyl adjacent to an activating group) is 1. The van der Waals surface area contributed by atoms with Crippen molar-refractivity contribution >= 4 is 17.7 Å². The van der Waals surface area contributed by atoms with Gasteiger partial charge in [-0.05, 0) is 13.3 Å². The summed E-state index contributed by atoms with van der Waals surface area (Å²) in [5.41, 5.74) is 1.88. The van der Waals surface area contributed by atoms with E-state index in [2.05, 4.69) is 5.10 Å². The molecule has 1 aromatic heterocycles. The Hall–Kier alpha value is -2.38. The molecule has 0 aromatic carbocycles. The Labute approximate surface area is 153 Å². The van der Waals surface area contributed by atoms with E-state index >= 15 is 0 Å². The maximum atomic E-state index is 13.0. The number of nitrogens with zero attached hydrogens (tertiary/aromatic N) is 5. The van der Waals surface area contributed by atoms with Crippen molar-refractivity contribution < 1.29 is 14.4 Å². The molecule has 3 heterocycles. The summed E-state index contributed by atoms with van der Waals surface area (Å²) < 4.78 is 1.76. The summed E-state index contributed by atoms with van der Waals surface area (Å²) in [6, 6.07) is -0.292. The molecule has 8 nitrogen and oxygen atoms in total. The first-order valence-corrected chi connectivity index (χ1v) is 9.08. The zero-order valence-electron chi connectivity index (χ0n) is 15.9. The molecule has 0 aliphatic carbocycles. The highest BCUT2D eigenvalue weighted by atomic mass is 16.2. The number of rotatable bonds is 5. The van der Waals surface area contributed by atoms with Crippen LogP contribution in [0.15, 0.2) is 6.20 Å². The molecule has 3 amide bonds. The summed E-state index contributed by atoms with van der Waals surface area (Å²) in [5, 5.41) is 4.27. The highest BCUT2D eigenvalue weighted by Gasteiger charge is 2.44. The fourth-order valence-electron chi connectivity index (χ4n) is 3.93. The van der Waals surface area contributed by atoms with Crippen LogP contribution in [0.25, 0.3) is 0 Å². The summed E-state index contributed by atoms with van der Waals surface area (Å²) >= 11 is 0. The topological polar surface area (TPSA) is 78.8 Å². The van der Waals surface area contributed by atoms with Crippen LogP contribution >= 0.6 is 0 Å². The lowest BCUT2D eigenvalue weighted by Crippen LogP contribution is -2.41. The minimum atomic E-state index is -0.422. The summed E-state index contributed by atoms with van der Waals surface area (Å²) in [7, 11) is 5.35. The molecule has 0 bridgehead atoms. The number of likely N-dealkylation sites (tertiary alicyclic amines) is 2. The first-order chi connectivity index (χ1) is 12.3. The number of carbonyl (C=O) groups excluding carboxylic acids is 3. The van der Waals surface area contributed by atoms with Crippen LogP contribution < -0.4 is 0 Å². The molecule has 8 heteroatoms. The zero-order chi connectivity index (χ0) is 19.0. The Morgan fingerprint density at radius 3 is 2.62 bits per heavy atom. The van der Waals surface area contributed by atoms with Crippen molar-refractivity contribution in [3.8, 4) is 0 Å². The second-order valence-corrected chi connectivity index (χ2v) is 7.31. The van der Waals surface area contributed by atoms with E-state index in [-0.39, 0.29) is 30.2 Å². The Bertz CT molecular complexity index is 728. The van der Waals surface area contributed by atoms with E-state index in [0.717, 1.165) is 24.2 Å². The van der Waals surface area contributed by atoms with E-state index in [9.17, 15) is 14.4 Å². The molecule has 2 fully saturated rings. The normalized spacial score (nSPS) is 23.2. The number of carbonyl (C=O) groups is 3. The van der Waals surface area contributed by atoms with Crippen LogP contribution in [-0.2, 0) is 21.4 Å². The van der Waals surface area contributed by atoms with Crippen molar-refractivity contribution in [1.82, 2.24) is 24.5 Å². The molecule has 2 unspecified atom stereocenters. The third-order valence-corrected chi connectivity index (χ3v) is 5.75. The quantitative estimate of drug-likeness (QED) is 0.757. The second-order valence-electron chi connectivity index (χ2n) is 7.31. The van der Waals surface area contributed by atoms with Gasteiger partial charge in [0.2, 0.25) is 17.7 Å². The van der Waals surface area contributed by atoms with Gasteiger partial charge in [0.05, 0.1) is 18.2 Å². The van der Waals surface area contributed by atoms with Crippen molar-refractivity contribution in [3.05, 3.63) is 17.5 Å². The van der Waals surface area contributed by atoms with Crippen LogP contribution in [0.4, 0.5) is 0 Å². The number of amides is 3. The van der Waals surface area contributed by atoms with Gasteiger partial charge in [-0.2, -0.15) is 5.10 Å². The van der Waals surface area contributed by atoms with Crippen molar-refractivity contribution in [2.45, 2.75) is 32.2 Å². The maximum absolute atomic E-state index is 13.0. The van der Waals surface area contributed by atoms with Crippen LogP contribution in [0.1, 0.15) is 36.6 Å². The molecule has 2 aliphatic rings. The van der Waals surface area contributed by atoms with Gasteiger partial charge in [0, 0.05) is 64.9 Å². The second kappa shape index (κ2) is 7.09. The average Bonchev–Trinajstić information content (AvgIpc) is 3.25. The fraction of sp³-hybridized carbons (Fsp3) is 0.667. The van der Waals surface area contributed by atoms with Crippen molar-refractivity contribution in [1.29, 1.82) is 0 Å². The van der Waals surface area contributed by atoms with Crippen molar-refractivity contribution in [2.24, 2.45) is 13.0 Å². The van der Waals surface area contributed by atoms with Crippen LogP contribution in [0.5, 0.6) is 0 Å². The molecule has 0 N–H and O–H groups in total. The van der Waals surface area contributed by atoms with Gasteiger partial charge < -0.3 is 14.7 Å². The van der Waals surface area contributed by atoms with E-state index in [1.807, 2.05) is 14.0 Å². The molecule has 2 atom stereocenters. The van der Waals surface area contributed by atoms with Gasteiger partial charge in [0.15, 0.2) is 0 Å². The number of aromatic nitrogens is 2. The molecule has 2 aliphatic heterocycles. The van der Waals surface area contributed by atoms with Gasteiger partial charge in [0.25, 0.3) is 0 Å². The standard InChI is InChI=1S/C18H27N5O3/c1-12-14(11-19-22(12)4)17-13(10-16(25)21(17)3)18(26)20(2)8-9-23-7-5-6-15(23)24/h11,13,17H,5-10H2,1-4H3. The molecule has 1 aromatic rings. The monoisotopic (exact) mass is 361 g/mol. The number of hydrogen-bond acceptors (Lipinski definition) is 4. The Balaban J connectivity index is 1.72. The van der Waals surface area contributed by atoms with Gasteiger partial charge in [-0.15, -0.1) is 0 Å². The minimum Gasteiger partial charge on any atom is -0.344 e. The Kier molecular flexibility index (Phi) is 5.02. The summed E-state index contributed by atoms with van der Waals surface area (Å²) in [6.07, 6.45) is 3.45. The molecule has 26 heavy (non-hydrogen) atoms. The van der Waals surface area contributed by atoms with E-state index in [0.29, 0.717) is 19.5 Å². The minimum absolute atomic E-state index is 0.0280. The first kappa shape index (κ1) is 18.4. The van der Waals surface area contributed by atoms with Gasteiger partial charge >= 0.3 is 0 Å². The first-order valence-electron chi connectivity index (χ1n) is 9.08. The molecular formula is C18H27N5O3. The van der Waals surface area contributed by atoms with Gasteiger partial charge in [-0.25, -0.2) is 0 Å². The van der Waals surface area contributed by atoms with Gasteiger partial charge in [-0.1, -0.05) is 0 Å². The predicted octanol–water partition coefficient (Wildman–Crippen LogP) is 0.329. The largest absolute Gasteiger partial charge is 0.344 e. The van der Waals surface area contributed by atoms with E-state index < -0.39 is 5.92 Å². The van der Waals surface area contributed by atoms with Gasteiger partial charge in [-0.3, -0.25) is 19.1 Å². The van der Waals surface area contributed by atoms with Crippen molar-refractivity contribution in [3.63, 3.8) is 0 Å². The maximum Gasteiger partial charge on any atom is 0.228 e. The van der Waals surface area contributed by atoms with Crippen LogP contribution in [0.3, 0.4) is 0 Å². The van der Waals surface area contributed by atoms with E-state index in [4.69, 9.17) is 0 Å². The lowest BCUT2D eigenvalue weighted by Gasteiger charge is -2.28. The van der Waals surface area contributed by atoms with Crippen LogP contribution in [0, 0.1) is 12.8 Å². The molecule has 2 saturated heterocycles. The highest BCUT2D eigenvalue weighted by Crippen LogP contribution is 2.39. The summed E-state index contributed by atoms with van der Waals surface area (Å²) in [5.74, 6) is -0.345. The molecule has 0 radical (unpaired) electrons. The Morgan fingerprint density at radius 2 is 2.04 bits per heavy atom. The fourth-order valence-corrected chi connectivity index (χ4v) is 3.93. The summed E-state index contributed by atoms with van der Waals surface area (Å²) in [6.45, 7) is 3.75. The Morgan fingerprint density at radius 1 is 1.31 bits per heavy atom. The molecular weight excluding hydrogens is 334 g/mol.